The highest BCUT2D eigenvalue weighted by Gasteiger charge is 2.14. The van der Waals surface area contributed by atoms with Crippen molar-refractivity contribution in [2.24, 2.45) is 0 Å². The van der Waals surface area contributed by atoms with E-state index < -0.39 is 5.97 Å². The first-order chi connectivity index (χ1) is 11.9. The van der Waals surface area contributed by atoms with Gasteiger partial charge in [-0.2, -0.15) is 0 Å². The van der Waals surface area contributed by atoms with Crippen LogP contribution in [0.5, 0.6) is 5.75 Å². The lowest BCUT2D eigenvalue weighted by molar-refractivity contribution is -0.116. The summed E-state index contributed by atoms with van der Waals surface area (Å²) in [6, 6.07) is 4.73. The van der Waals surface area contributed by atoms with Crippen LogP contribution < -0.4 is 10.6 Å². The molecule has 1 aromatic carbocycles. The largest absolute Gasteiger partial charge is 0.507 e. The number of carbonyl (C=O) groups excluding carboxylic acids is 2. The Morgan fingerprint density at radius 3 is 2.60 bits per heavy atom. The summed E-state index contributed by atoms with van der Waals surface area (Å²) in [6.45, 7) is 7.07. The smallest absolute Gasteiger partial charge is 0.341 e. The molecule has 0 unspecified atom stereocenters. The average molecular weight is 350 g/mol. The zero-order valence-electron chi connectivity index (χ0n) is 15.4. The van der Waals surface area contributed by atoms with E-state index in [0.29, 0.717) is 31.3 Å². The Labute approximate surface area is 150 Å². The van der Waals surface area contributed by atoms with Gasteiger partial charge in [0.25, 0.3) is 0 Å². The van der Waals surface area contributed by atoms with E-state index in [-0.39, 0.29) is 17.2 Å². The van der Waals surface area contributed by atoms with Gasteiger partial charge >= 0.3 is 5.97 Å². The monoisotopic (exact) mass is 350 g/mol. The Hall–Kier alpha value is -2.08. The van der Waals surface area contributed by atoms with Gasteiger partial charge < -0.3 is 20.5 Å². The SMILES string of the molecule is CCCCCCOC(=O)c1ccc(NC(=O)CCNC(C)C)cc1O. The number of esters is 1. The van der Waals surface area contributed by atoms with Crippen LogP contribution in [0.3, 0.4) is 0 Å². The van der Waals surface area contributed by atoms with Gasteiger partial charge in [-0.25, -0.2) is 4.79 Å². The van der Waals surface area contributed by atoms with E-state index in [9.17, 15) is 14.7 Å². The van der Waals surface area contributed by atoms with E-state index in [2.05, 4.69) is 17.6 Å². The van der Waals surface area contributed by atoms with E-state index in [1.807, 2.05) is 13.8 Å². The van der Waals surface area contributed by atoms with Gasteiger partial charge in [-0.3, -0.25) is 4.79 Å². The van der Waals surface area contributed by atoms with Crippen LogP contribution in [0.2, 0.25) is 0 Å². The highest BCUT2D eigenvalue weighted by Crippen LogP contribution is 2.23. The number of carbonyl (C=O) groups is 2. The lowest BCUT2D eigenvalue weighted by Crippen LogP contribution is -2.27. The molecule has 0 fully saturated rings. The lowest BCUT2D eigenvalue weighted by Gasteiger charge is -2.10. The Balaban J connectivity index is 2.47. The molecule has 6 nitrogen and oxygen atoms in total. The van der Waals surface area contributed by atoms with Crippen LogP contribution in [0.1, 0.15) is 63.2 Å². The van der Waals surface area contributed by atoms with Gasteiger partial charge in [0.2, 0.25) is 5.91 Å². The van der Waals surface area contributed by atoms with Crippen molar-refractivity contribution >= 4 is 17.6 Å². The van der Waals surface area contributed by atoms with Crippen LogP contribution in [-0.2, 0) is 9.53 Å². The number of benzene rings is 1. The summed E-state index contributed by atoms with van der Waals surface area (Å²) in [7, 11) is 0. The van der Waals surface area contributed by atoms with Crippen molar-refractivity contribution in [3.63, 3.8) is 0 Å². The van der Waals surface area contributed by atoms with Gasteiger partial charge in [-0.15, -0.1) is 0 Å². The molecule has 0 saturated heterocycles. The zero-order chi connectivity index (χ0) is 18.7. The number of rotatable bonds is 11. The molecule has 6 heteroatoms. The number of hydrogen-bond acceptors (Lipinski definition) is 5. The van der Waals surface area contributed by atoms with Gasteiger partial charge in [-0.1, -0.05) is 40.0 Å². The predicted molar refractivity (Wildman–Crippen MR) is 98.9 cm³/mol. The molecule has 140 valence electrons. The summed E-state index contributed by atoms with van der Waals surface area (Å²) in [6.07, 6.45) is 4.41. The van der Waals surface area contributed by atoms with E-state index in [4.69, 9.17) is 4.74 Å². The summed E-state index contributed by atoms with van der Waals surface area (Å²) < 4.78 is 5.16. The van der Waals surface area contributed by atoms with Gasteiger partial charge in [0.05, 0.1) is 6.61 Å². The number of aromatic hydroxyl groups is 1. The topological polar surface area (TPSA) is 87.7 Å². The number of phenolic OH excluding ortho intramolecular Hbond substituents is 1. The molecule has 0 radical (unpaired) electrons. The van der Waals surface area contributed by atoms with Gasteiger partial charge in [0.15, 0.2) is 0 Å². The van der Waals surface area contributed by atoms with Crippen molar-refractivity contribution < 1.29 is 19.4 Å². The van der Waals surface area contributed by atoms with Gasteiger partial charge in [0, 0.05) is 30.8 Å². The normalized spacial score (nSPS) is 10.7. The van der Waals surface area contributed by atoms with E-state index in [0.717, 1.165) is 25.7 Å². The van der Waals surface area contributed by atoms with Crippen LogP contribution in [0.15, 0.2) is 18.2 Å². The fourth-order valence-corrected chi connectivity index (χ4v) is 2.25. The number of phenols is 1. The van der Waals surface area contributed by atoms with Crippen molar-refractivity contribution in [3.05, 3.63) is 23.8 Å². The number of anilines is 1. The molecular weight excluding hydrogens is 320 g/mol. The maximum atomic E-state index is 12.0. The predicted octanol–water partition coefficient (Wildman–Crippen LogP) is 3.46. The molecule has 1 amide bonds. The minimum Gasteiger partial charge on any atom is -0.507 e. The molecule has 0 aliphatic carbocycles. The van der Waals surface area contributed by atoms with Gasteiger partial charge in [-0.05, 0) is 18.6 Å². The Morgan fingerprint density at radius 2 is 1.96 bits per heavy atom. The number of amides is 1. The molecule has 0 bridgehead atoms. The average Bonchev–Trinajstić information content (AvgIpc) is 2.54. The first-order valence-corrected chi connectivity index (χ1v) is 8.97. The van der Waals surface area contributed by atoms with E-state index >= 15 is 0 Å². The summed E-state index contributed by atoms with van der Waals surface area (Å²) in [5.74, 6) is -0.900. The Bertz CT molecular complexity index is 558. The summed E-state index contributed by atoms with van der Waals surface area (Å²) in [5, 5.41) is 15.9. The van der Waals surface area contributed by atoms with Crippen LogP contribution in [-0.4, -0.2) is 36.2 Å². The third kappa shape index (κ3) is 8.54. The second-order valence-corrected chi connectivity index (χ2v) is 6.34. The third-order valence-electron chi connectivity index (χ3n) is 3.64. The molecule has 1 aromatic rings. The number of unbranched alkanes of at least 4 members (excludes halogenated alkanes) is 3. The molecule has 1 rings (SSSR count). The molecule has 0 aromatic heterocycles. The summed E-state index contributed by atoms with van der Waals surface area (Å²) in [5.41, 5.74) is 0.557. The molecule has 3 N–H and O–H groups in total. The first kappa shape index (κ1) is 21.0. The second-order valence-electron chi connectivity index (χ2n) is 6.34. The van der Waals surface area contributed by atoms with Crippen LogP contribution >= 0.6 is 0 Å². The van der Waals surface area contributed by atoms with Crippen molar-refractivity contribution in [1.29, 1.82) is 0 Å². The molecule has 0 atom stereocenters. The second kappa shape index (κ2) is 11.5. The van der Waals surface area contributed by atoms with Crippen LogP contribution in [0.4, 0.5) is 5.69 Å². The van der Waals surface area contributed by atoms with Crippen molar-refractivity contribution in [2.75, 3.05) is 18.5 Å². The molecule has 0 saturated carbocycles. The summed E-state index contributed by atoms with van der Waals surface area (Å²) >= 11 is 0. The molecule has 0 heterocycles. The highest BCUT2D eigenvalue weighted by molar-refractivity contribution is 5.95. The number of ether oxygens (including phenoxy) is 1. The minimum atomic E-state index is -0.548. The Morgan fingerprint density at radius 1 is 1.20 bits per heavy atom. The highest BCUT2D eigenvalue weighted by atomic mass is 16.5. The Kier molecular flexibility index (Phi) is 9.62. The molecule has 0 aliphatic heterocycles. The summed E-state index contributed by atoms with van der Waals surface area (Å²) in [4.78, 5) is 23.8. The maximum absolute atomic E-state index is 12.0. The maximum Gasteiger partial charge on any atom is 0.341 e. The molecular formula is C19H30N2O4. The number of hydrogen-bond donors (Lipinski definition) is 3. The van der Waals surface area contributed by atoms with Crippen LogP contribution in [0, 0.1) is 0 Å². The quantitative estimate of drug-likeness (QED) is 0.420. The molecule has 25 heavy (non-hydrogen) atoms. The molecule has 0 spiro atoms. The lowest BCUT2D eigenvalue weighted by atomic mass is 10.1. The first-order valence-electron chi connectivity index (χ1n) is 8.97. The van der Waals surface area contributed by atoms with E-state index in [1.54, 1.807) is 6.07 Å². The fraction of sp³-hybridized carbons (Fsp3) is 0.579. The number of nitrogens with one attached hydrogen (secondary N) is 2. The standard InChI is InChI=1S/C19H30N2O4/c1-4-5-6-7-12-25-19(24)16-9-8-15(13-17(16)22)21-18(23)10-11-20-14(2)3/h8-9,13-14,20,22H,4-7,10-12H2,1-3H3,(H,21,23). The van der Waals surface area contributed by atoms with Crippen molar-refractivity contribution in [1.82, 2.24) is 5.32 Å². The van der Waals surface area contributed by atoms with Crippen LogP contribution in [0.25, 0.3) is 0 Å². The zero-order valence-corrected chi connectivity index (χ0v) is 15.4. The van der Waals surface area contributed by atoms with Crippen molar-refractivity contribution in [3.8, 4) is 5.75 Å². The minimum absolute atomic E-state index is 0.106. The van der Waals surface area contributed by atoms with Gasteiger partial charge in [0.1, 0.15) is 11.3 Å². The fourth-order valence-electron chi connectivity index (χ4n) is 2.25. The van der Waals surface area contributed by atoms with Crippen molar-refractivity contribution in [2.45, 2.75) is 58.9 Å². The molecule has 0 aliphatic rings. The van der Waals surface area contributed by atoms with E-state index in [1.165, 1.54) is 12.1 Å². The third-order valence-corrected chi connectivity index (χ3v) is 3.64.